The Morgan fingerprint density at radius 3 is 2.57 bits per heavy atom. The van der Waals surface area contributed by atoms with Crippen LogP contribution in [0.1, 0.15) is 20.3 Å². The molecule has 1 aliphatic heterocycles. The van der Waals surface area contributed by atoms with Gasteiger partial charge >= 0.3 is 5.97 Å². The lowest BCUT2D eigenvalue weighted by molar-refractivity contribution is -0.143. The summed E-state index contributed by atoms with van der Waals surface area (Å²) < 4.78 is 0. The molecule has 23 heavy (non-hydrogen) atoms. The van der Waals surface area contributed by atoms with Crippen molar-refractivity contribution in [3.05, 3.63) is 29.3 Å². The van der Waals surface area contributed by atoms with Gasteiger partial charge in [-0.15, -0.1) is 0 Å². The molecule has 0 aromatic heterocycles. The quantitative estimate of drug-likeness (QED) is 0.858. The smallest absolute Gasteiger partial charge is 0.326 e. The fourth-order valence-electron chi connectivity index (χ4n) is 2.57. The molecule has 2 N–H and O–H groups in total. The molecule has 1 aliphatic rings. The summed E-state index contributed by atoms with van der Waals surface area (Å²) in [5, 5.41) is 12.1. The number of carboxylic acids is 1. The number of hydrogen-bond acceptors (Lipinski definition) is 3. The highest BCUT2D eigenvalue weighted by atomic mass is 35.5. The van der Waals surface area contributed by atoms with E-state index in [0.29, 0.717) is 10.7 Å². The third kappa shape index (κ3) is 3.82. The Balaban J connectivity index is 2.09. The van der Waals surface area contributed by atoms with Crippen LogP contribution in [0.2, 0.25) is 5.02 Å². The summed E-state index contributed by atoms with van der Waals surface area (Å²) in [6.07, 6.45) is 0.0431. The number of carboxylic acid groups (broad SMARTS) is 1. The number of carbonyl (C=O) groups is 3. The lowest BCUT2D eigenvalue weighted by Crippen LogP contribution is -2.47. The maximum atomic E-state index is 12.3. The highest BCUT2D eigenvalue weighted by Gasteiger charge is 2.37. The van der Waals surface area contributed by atoms with Crippen molar-refractivity contribution in [1.82, 2.24) is 5.32 Å². The van der Waals surface area contributed by atoms with E-state index in [-0.39, 0.29) is 24.8 Å². The molecule has 0 aliphatic carbocycles. The van der Waals surface area contributed by atoms with Crippen LogP contribution >= 0.6 is 11.6 Å². The van der Waals surface area contributed by atoms with Crippen LogP contribution < -0.4 is 10.2 Å². The Bertz CT molecular complexity index is 632. The molecule has 0 radical (unpaired) electrons. The van der Waals surface area contributed by atoms with Crippen LogP contribution in [-0.4, -0.2) is 35.5 Å². The fourth-order valence-corrected chi connectivity index (χ4v) is 2.81. The number of amides is 2. The lowest BCUT2D eigenvalue weighted by Gasteiger charge is -2.21. The van der Waals surface area contributed by atoms with Gasteiger partial charge in [0.05, 0.1) is 16.6 Å². The summed E-state index contributed by atoms with van der Waals surface area (Å²) in [4.78, 5) is 37.1. The second-order valence-corrected chi connectivity index (χ2v) is 6.33. The molecule has 2 atom stereocenters. The van der Waals surface area contributed by atoms with Crippen molar-refractivity contribution in [2.45, 2.75) is 26.3 Å². The summed E-state index contributed by atoms with van der Waals surface area (Å²) in [5.74, 6) is -2.53. The van der Waals surface area contributed by atoms with Crippen molar-refractivity contribution in [1.29, 1.82) is 0 Å². The summed E-state index contributed by atoms with van der Waals surface area (Å²) in [6, 6.07) is 5.95. The fraction of sp³-hybridized carbons (Fsp3) is 0.438. The number of hydrogen-bond donors (Lipinski definition) is 2. The normalized spacial score (nSPS) is 19.0. The number of rotatable bonds is 5. The van der Waals surface area contributed by atoms with Crippen molar-refractivity contribution in [2.24, 2.45) is 11.8 Å². The van der Waals surface area contributed by atoms with Crippen molar-refractivity contribution in [2.75, 3.05) is 11.4 Å². The number of nitrogens with zero attached hydrogens (tertiary/aromatic N) is 1. The first kappa shape index (κ1) is 17.3. The molecule has 1 aromatic carbocycles. The van der Waals surface area contributed by atoms with Gasteiger partial charge in [-0.1, -0.05) is 37.6 Å². The first-order chi connectivity index (χ1) is 10.8. The molecule has 124 valence electrons. The first-order valence-corrected chi connectivity index (χ1v) is 7.77. The van der Waals surface area contributed by atoms with E-state index >= 15 is 0 Å². The van der Waals surface area contributed by atoms with Gasteiger partial charge < -0.3 is 15.3 Å². The zero-order valence-corrected chi connectivity index (χ0v) is 13.7. The van der Waals surface area contributed by atoms with Gasteiger partial charge in [0.25, 0.3) is 0 Å². The second-order valence-electron chi connectivity index (χ2n) is 5.93. The topological polar surface area (TPSA) is 86.7 Å². The monoisotopic (exact) mass is 338 g/mol. The highest BCUT2D eigenvalue weighted by Crippen LogP contribution is 2.31. The Morgan fingerprint density at radius 2 is 2.00 bits per heavy atom. The summed E-state index contributed by atoms with van der Waals surface area (Å²) in [7, 11) is 0. The molecule has 6 nitrogen and oxygen atoms in total. The molecular formula is C16H19ClN2O4. The van der Waals surface area contributed by atoms with Crippen LogP contribution in [0.4, 0.5) is 5.69 Å². The zero-order chi connectivity index (χ0) is 17.1. The number of aliphatic carboxylic acids is 1. The van der Waals surface area contributed by atoms with Crippen LogP contribution in [0.5, 0.6) is 0 Å². The van der Waals surface area contributed by atoms with Gasteiger partial charge in [0.2, 0.25) is 11.8 Å². The van der Waals surface area contributed by atoms with E-state index in [9.17, 15) is 14.4 Å². The Hall–Kier alpha value is -2.08. The molecular weight excluding hydrogens is 320 g/mol. The SMILES string of the molecule is CC(C)[C@@H](NC(=O)C1CC(=O)N(c2ccccc2Cl)C1)C(=O)O. The van der Waals surface area contributed by atoms with E-state index in [1.807, 2.05) is 0 Å². The average molecular weight is 339 g/mol. The minimum Gasteiger partial charge on any atom is -0.480 e. The Labute approximate surface area is 139 Å². The van der Waals surface area contributed by atoms with Crippen molar-refractivity contribution < 1.29 is 19.5 Å². The predicted octanol–water partition coefficient (Wildman–Crippen LogP) is 1.92. The molecule has 7 heteroatoms. The number of benzene rings is 1. The van der Waals surface area contributed by atoms with Crippen molar-refractivity contribution in [3.63, 3.8) is 0 Å². The minimum absolute atomic E-state index is 0.0431. The number of nitrogens with one attached hydrogen (secondary N) is 1. The number of carbonyl (C=O) groups excluding carboxylic acids is 2. The van der Waals surface area contributed by atoms with E-state index in [1.54, 1.807) is 38.1 Å². The Morgan fingerprint density at radius 1 is 1.35 bits per heavy atom. The maximum Gasteiger partial charge on any atom is 0.326 e. The average Bonchev–Trinajstić information content (AvgIpc) is 2.86. The van der Waals surface area contributed by atoms with Gasteiger partial charge in [-0.3, -0.25) is 9.59 Å². The van der Waals surface area contributed by atoms with Gasteiger partial charge in [-0.25, -0.2) is 4.79 Å². The van der Waals surface area contributed by atoms with Gasteiger partial charge in [0, 0.05) is 13.0 Å². The number of anilines is 1. The third-order valence-corrected chi connectivity index (χ3v) is 4.19. The molecule has 0 saturated carbocycles. The van der Waals surface area contributed by atoms with E-state index in [0.717, 1.165) is 0 Å². The molecule has 1 fully saturated rings. The Kier molecular flexibility index (Phi) is 5.26. The van der Waals surface area contributed by atoms with Crippen molar-refractivity contribution >= 4 is 35.1 Å². The summed E-state index contributed by atoms with van der Waals surface area (Å²) in [5.41, 5.74) is 0.563. The van der Waals surface area contributed by atoms with Crippen LogP contribution in [0.25, 0.3) is 0 Å². The van der Waals surface area contributed by atoms with E-state index in [2.05, 4.69) is 5.32 Å². The highest BCUT2D eigenvalue weighted by molar-refractivity contribution is 6.33. The summed E-state index contributed by atoms with van der Waals surface area (Å²) in [6.45, 7) is 3.63. The first-order valence-electron chi connectivity index (χ1n) is 7.39. The van der Waals surface area contributed by atoms with Gasteiger partial charge in [-0.2, -0.15) is 0 Å². The van der Waals surface area contributed by atoms with E-state index < -0.39 is 23.8 Å². The summed E-state index contributed by atoms with van der Waals surface area (Å²) >= 11 is 6.09. The molecule has 1 unspecified atom stereocenters. The van der Waals surface area contributed by atoms with Gasteiger partial charge in [0.1, 0.15) is 6.04 Å². The van der Waals surface area contributed by atoms with Crippen LogP contribution in [0.15, 0.2) is 24.3 Å². The van der Waals surface area contributed by atoms with E-state index in [4.69, 9.17) is 16.7 Å². The van der Waals surface area contributed by atoms with Gasteiger partial charge in [-0.05, 0) is 18.1 Å². The second kappa shape index (κ2) is 7.00. The van der Waals surface area contributed by atoms with Crippen LogP contribution in [-0.2, 0) is 14.4 Å². The van der Waals surface area contributed by atoms with Crippen LogP contribution in [0.3, 0.4) is 0 Å². The van der Waals surface area contributed by atoms with Crippen molar-refractivity contribution in [3.8, 4) is 0 Å². The predicted molar refractivity (Wildman–Crippen MR) is 86.3 cm³/mol. The molecule has 1 heterocycles. The molecule has 0 bridgehead atoms. The molecule has 1 aromatic rings. The molecule has 2 amide bonds. The zero-order valence-electron chi connectivity index (χ0n) is 13.0. The minimum atomic E-state index is -1.08. The molecule has 0 spiro atoms. The van der Waals surface area contributed by atoms with Crippen LogP contribution in [0, 0.1) is 11.8 Å². The third-order valence-electron chi connectivity index (χ3n) is 3.87. The van der Waals surface area contributed by atoms with Gasteiger partial charge in [0.15, 0.2) is 0 Å². The lowest BCUT2D eigenvalue weighted by atomic mass is 10.0. The van der Waals surface area contributed by atoms with E-state index in [1.165, 1.54) is 4.90 Å². The molecule has 1 saturated heterocycles. The number of halogens is 1. The molecule has 2 rings (SSSR count). The number of para-hydroxylation sites is 1. The standard InChI is InChI=1S/C16H19ClN2O4/c1-9(2)14(16(22)23)18-15(21)10-7-13(20)19(8-10)12-6-4-3-5-11(12)17/h3-6,9-10,14H,7-8H2,1-2H3,(H,18,21)(H,22,23)/t10?,14-/m1/s1. The largest absolute Gasteiger partial charge is 0.480 e. The maximum absolute atomic E-state index is 12.3.